The molecule has 3 aliphatic carbocycles. The van der Waals surface area contributed by atoms with Gasteiger partial charge in [0.1, 0.15) is 5.66 Å². The minimum atomic E-state index is -0.436. The van der Waals surface area contributed by atoms with E-state index in [2.05, 4.69) is 39.6 Å². The van der Waals surface area contributed by atoms with Gasteiger partial charge in [0.25, 0.3) is 0 Å². The van der Waals surface area contributed by atoms with Gasteiger partial charge >= 0.3 is 0 Å². The zero-order valence-corrected chi connectivity index (χ0v) is 27.1. The number of fused-ring (bicyclic) bond motifs is 1. The number of hydrogen-bond acceptors (Lipinski definition) is 7. The van der Waals surface area contributed by atoms with Gasteiger partial charge in [0, 0.05) is 20.3 Å². The van der Waals surface area contributed by atoms with E-state index in [9.17, 15) is 9.90 Å². The second-order valence-corrected chi connectivity index (χ2v) is 14.7. The first-order chi connectivity index (χ1) is 21.6. The van der Waals surface area contributed by atoms with Gasteiger partial charge in [0.2, 0.25) is 5.91 Å². The molecule has 2 aliphatic heterocycles. The van der Waals surface area contributed by atoms with Crippen LogP contribution in [0.3, 0.4) is 0 Å². The highest BCUT2D eigenvalue weighted by Crippen LogP contribution is 2.45. The first kappa shape index (κ1) is 32.4. The third-order valence-corrected chi connectivity index (χ3v) is 12.0. The Bertz CT molecular complexity index is 1080. The molecule has 6 rings (SSSR count). The lowest BCUT2D eigenvalue weighted by molar-refractivity contribution is -0.126. The first-order valence-corrected chi connectivity index (χ1v) is 18.0. The van der Waals surface area contributed by atoms with Crippen LogP contribution in [0, 0.1) is 17.3 Å². The Morgan fingerprint density at radius 1 is 1.00 bits per heavy atom. The van der Waals surface area contributed by atoms with Crippen LogP contribution in [-0.4, -0.2) is 50.2 Å². The van der Waals surface area contributed by atoms with E-state index in [1.807, 2.05) is 0 Å². The van der Waals surface area contributed by atoms with Crippen molar-refractivity contribution < 1.29 is 19.5 Å². The number of rotatable bonds is 7. The Balaban J connectivity index is 1.14. The smallest absolute Gasteiger partial charge is 0.237 e. The van der Waals surface area contributed by atoms with Crippen LogP contribution in [-0.2, 0) is 26.5 Å². The van der Waals surface area contributed by atoms with Crippen molar-refractivity contribution >= 4 is 5.91 Å². The SMILES string of the molecule is COCC1NC(c2ccc3c(c2)CC[C@H]3NC(=O)C2CC(CO)C3(CCCCCCCC3)CN2)(C2CCCCCCC2)NO1. The molecule has 44 heavy (non-hydrogen) atoms. The molecule has 5 atom stereocenters. The predicted molar refractivity (Wildman–Crippen MR) is 173 cm³/mol. The standard InChI is InChI=1S/C36H58N4O4/c1-43-24-33-39-36(40-44-33,27-13-9-5-4-6-10-14-27)28-16-17-30-26(21-28)15-18-31(30)38-34(42)32-22-29(23-41)35(25-37-32)19-11-7-2-3-8-12-20-35/h16-17,21,27,29,31-33,37,39-41H,2-15,18-20,22-25H2,1H3,(H,38,42)/t29?,31-,32?,33?,36?/m1/s1. The van der Waals surface area contributed by atoms with Gasteiger partial charge in [0.05, 0.1) is 18.7 Å². The number of aliphatic hydroxyl groups excluding tert-OH is 1. The van der Waals surface area contributed by atoms with Crippen LogP contribution < -0.4 is 21.4 Å². The summed E-state index contributed by atoms with van der Waals surface area (Å²) in [5, 5.41) is 21.4. The second-order valence-electron chi connectivity index (χ2n) is 14.7. The van der Waals surface area contributed by atoms with Crippen molar-refractivity contribution in [2.75, 3.05) is 26.9 Å². The van der Waals surface area contributed by atoms with Gasteiger partial charge < -0.3 is 20.5 Å². The molecule has 8 nitrogen and oxygen atoms in total. The fourth-order valence-corrected chi connectivity index (χ4v) is 9.39. The molecule has 4 unspecified atom stereocenters. The summed E-state index contributed by atoms with van der Waals surface area (Å²) in [7, 11) is 1.72. The lowest BCUT2D eigenvalue weighted by atomic mass is 9.64. The summed E-state index contributed by atoms with van der Waals surface area (Å²) in [5.74, 6) is 0.710. The maximum Gasteiger partial charge on any atom is 0.237 e. The van der Waals surface area contributed by atoms with Crippen molar-refractivity contribution in [2.45, 2.75) is 140 Å². The molecule has 0 bridgehead atoms. The van der Waals surface area contributed by atoms with Gasteiger partial charge in [-0.15, -0.1) is 0 Å². The summed E-state index contributed by atoms with van der Waals surface area (Å²) >= 11 is 0. The van der Waals surface area contributed by atoms with Gasteiger partial charge in [-0.2, -0.15) is 5.48 Å². The van der Waals surface area contributed by atoms with E-state index >= 15 is 0 Å². The van der Waals surface area contributed by atoms with Gasteiger partial charge in [0.15, 0.2) is 6.23 Å². The monoisotopic (exact) mass is 610 g/mol. The number of hydrogen-bond donors (Lipinski definition) is 5. The van der Waals surface area contributed by atoms with Crippen LogP contribution in [0.4, 0.5) is 0 Å². The highest BCUT2D eigenvalue weighted by Gasteiger charge is 2.48. The molecular weight excluding hydrogens is 552 g/mol. The van der Waals surface area contributed by atoms with Gasteiger partial charge in [-0.1, -0.05) is 88.8 Å². The van der Waals surface area contributed by atoms with E-state index in [1.54, 1.807) is 7.11 Å². The van der Waals surface area contributed by atoms with E-state index < -0.39 is 5.66 Å². The van der Waals surface area contributed by atoms with Crippen molar-refractivity contribution in [3.63, 3.8) is 0 Å². The number of aliphatic hydroxyl groups is 1. The van der Waals surface area contributed by atoms with E-state index in [4.69, 9.17) is 9.57 Å². The highest BCUT2D eigenvalue weighted by atomic mass is 16.7. The molecule has 2 saturated carbocycles. The van der Waals surface area contributed by atoms with Gasteiger partial charge in [-0.05, 0) is 78.9 Å². The zero-order chi connectivity index (χ0) is 30.4. The quantitative estimate of drug-likeness (QED) is 0.278. The molecule has 4 fully saturated rings. The maximum atomic E-state index is 13.7. The third-order valence-electron chi connectivity index (χ3n) is 12.0. The molecular formula is C36H58N4O4. The molecule has 0 aromatic heterocycles. The van der Waals surface area contributed by atoms with Crippen molar-refractivity contribution in [2.24, 2.45) is 17.3 Å². The number of benzene rings is 1. The summed E-state index contributed by atoms with van der Waals surface area (Å²) < 4.78 is 5.44. The topological polar surface area (TPSA) is 104 Å². The van der Waals surface area contributed by atoms with Crippen LogP contribution in [0.1, 0.15) is 132 Å². The Hall–Kier alpha value is -1.55. The molecule has 2 heterocycles. The number of carbonyl (C=O) groups is 1. The van der Waals surface area contributed by atoms with Gasteiger partial charge in [-0.3, -0.25) is 14.9 Å². The molecule has 0 radical (unpaired) electrons. The summed E-state index contributed by atoms with van der Waals surface area (Å²) in [6.07, 6.45) is 21.3. The van der Waals surface area contributed by atoms with E-state index in [0.29, 0.717) is 12.5 Å². The molecule has 2 saturated heterocycles. The number of methoxy groups -OCH3 is 1. The number of aryl methyl sites for hydroxylation is 1. The number of carbonyl (C=O) groups excluding carboxylic acids is 1. The van der Waals surface area contributed by atoms with E-state index in [1.165, 1.54) is 113 Å². The largest absolute Gasteiger partial charge is 0.396 e. The zero-order valence-electron chi connectivity index (χ0n) is 27.1. The number of piperidine rings is 1. The van der Waals surface area contributed by atoms with E-state index in [0.717, 1.165) is 25.8 Å². The number of amides is 1. The minimum absolute atomic E-state index is 0.0287. The lowest BCUT2D eigenvalue weighted by Crippen LogP contribution is -2.57. The normalized spacial score (nSPS) is 33.5. The van der Waals surface area contributed by atoms with Crippen LogP contribution >= 0.6 is 0 Å². The first-order valence-electron chi connectivity index (χ1n) is 18.0. The maximum absolute atomic E-state index is 13.7. The van der Waals surface area contributed by atoms with Crippen LogP contribution in [0.25, 0.3) is 0 Å². The Morgan fingerprint density at radius 3 is 2.41 bits per heavy atom. The van der Waals surface area contributed by atoms with Gasteiger partial charge in [-0.25, -0.2) is 0 Å². The van der Waals surface area contributed by atoms with Crippen LogP contribution in [0.15, 0.2) is 18.2 Å². The summed E-state index contributed by atoms with van der Waals surface area (Å²) in [6, 6.07) is 6.65. The highest BCUT2D eigenvalue weighted by molar-refractivity contribution is 5.82. The summed E-state index contributed by atoms with van der Waals surface area (Å²) in [5.41, 5.74) is 6.96. The number of nitrogens with one attached hydrogen (secondary N) is 4. The molecule has 246 valence electrons. The Labute approximate surface area is 265 Å². The molecule has 1 amide bonds. The number of hydroxylamine groups is 1. The molecule has 5 N–H and O–H groups in total. The molecule has 5 aliphatic rings. The molecule has 1 aromatic carbocycles. The molecule has 1 aromatic rings. The molecule has 8 heteroatoms. The second kappa shape index (κ2) is 14.9. The fraction of sp³-hybridized carbons (Fsp3) is 0.806. The summed E-state index contributed by atoms with van der Waals surface area (Å²) in [4.78, 5) is 19.7. The van der Waals surface area contributed by atoms with Crippen molar-refractivity contribution in [1.82, 2.24) is 21.4 Å². The lowest BCUT2D eigenvalue weighted by Gasteiger charge is -2.47. The van der Waals surface area contributed by atoms with Crippen LogP contribution in [0.2, 0.25) is 0 Å². The predicted octanol–water partition coefficient (Wildman–Crippen LogP) is 5.49. The Kier molecular flexibility index (Phi) is 11.0. The average Bonchev–Trinajstić information content (AvgIpc) is 3.65. The average molecular weight is 611 g/mol. The van der Waals surface area contributed by atoms with E-state index in [-0.39, 0.29) is 42.2 Å². The van der Waals surface area contributed by atoms with Crippen molar-refractivity contribution in [3.05, 3.63) is 34.9 Å². The Morgan fingerprint density at radius 2 is 1.70 bits per heavy atom. The van der Waals surface area contributed by atoms with Crippen LogP contribution in [0.5, 0.6) is 0 Å². The van der Waals surface area contributed by atoms with Crippen molar-refractivity contribution in [1.29, 1.82) is 0 Å². The molecule has 1 spiro atoms. The fourth-order valence-electron chi connectivity index (χ4n) is 9.39. The third kappa shape index (κ3) is 6.91. The summed E-state index contributed by atoms with van der Waals surface area (Å²) in [6.45, 7) is 1.52. The minimum Gasteiger partial charge on any atom is -0.396 e. The number of ether oxygens (including phenoxy) is 1. The van der Waals surface area contributed by atoms with Crippen molar-refractivity contribution in [3.8, 4) is 0 Å².